The monoisotopic (exact) mass is 411 g/mol. The molecule has 8 heteroatoms. The van der Waals surface area contributed by atoms with Gasteiger partial charge < -0.3 is 25.3 Å². The number of benzene rings is 1. The van der Waals surface area contributed by atoms with Crippen LogP contribution < -0.4 is 16.0 Å². The Bertz CT molecular complexity index is 919. The average molecular weight is 412 g/mol. The van der Waals surface area contributed by atoms with Crippen molar-refractivity contribution in [2.24, 2.45) is 5.73 Å². The molecule has 3 N–H and O–H groups in total. The fraction of sp³-hybridized carbons (Fsp3) is 0.500. The summed E-state index contributed by atoms with van der Waals surface area (Å²) in [4.78, 5) is 33.8. The predicted molar refractivity (Wildman–Crippen MR) is 114 cm³/mol. The number of carbonyl (C=O) groups is 2. The summed E-state index contributed by atoms with van der Waals surface area (Å²) >= 11 is 0. The van der Waals surface area contributed by atoms with Crippen molar-refractivity contribution < 1.29 is 14.0 Å². The van der Waals surface area contributed by atoms with Crippen molar-refractivity contribution in [2.75, 3.05) is 29.9 Å². The molecule has 1 atom stereocenters. The molecule has 0 aliphatic carbocycles. The number of oxazole rings is 1. The van der Waals surface area contributed by atoms with E-state index in [-0.39, 0.29) is 24.1 Å². The van der Waals surface area contributed by atoms with Gasteiger partial charge in [0, 0.05) is 31.0 Å². The molecule has 0 spiro atoms. The number of carbonyl (C=O) groups excluding carboxylic acids is 2. The van der Waals surface area contributed by atoms with Crippen LogP contribution in [0.1, 0.15) is 54.0 Å². The fourth-order valence-electron chi connectivity index (χ4n) is 4.38. The average Bonchev–Trinajstić information content (AvgIpc) is 3.44. The number of likely N-dealkylation sites (tertiary alicyclic amines) is 1. The third-order valence-electron chi connectivity index (χ3n) is 5.92. The van der Waals surface area contributed by atoms with Gasteiger partial charge in [-0.25, -0.2) is 4.98 Å². The largest absolute Gasteiger partial charge is 0.447 e. The topological polar surface area (TPSA) is 105 Å². The molecule has 3 heterocycles. The van der Waals surface area contributed by atoms with Gasteiger partial charge in [-0.05, 0) is 62.8 Å². The Labute approximate surface area is 176 Å². The molecule has 1 aromatic heterocycles. The van der Waals surface area contributed by atoms with Crippen molar-refractivity contribution in [3.8, 4) is 0 Å². The fourth-order valence-corrected chi connectivity index (χ4v) is 4.38. The number of rotatable bonds is 5. The molecule has 160 valence electrons. The highest BCUT2D eigenvalue weighted by atomic mass is 16.3. The second-order valence-corrected chi connectivity index (χ2v) is 8.03. The summed E-state index contributed by atoms with van der Waals surface area (Å²) in [6.45, 7) is 4.89. The van der Waals surface area contributed by atoms with Crippen molar-refractivity contribution in [1.82, 2.24) is 9.88 Å². The molecule has 2 fully saturated rings. The van der Waals surface area contributed by atoms with Gasteiger partial charge in [-0.15, -0.1) is 0 Å². The zero-order valence-electron chi connectivity index (χ0n) is 17.4. The lowest BCUT2D eigenvalue weighted by Gasteiger charge is -2.30. The van der Waals surface area contributed by atoms with Gasteiger partial charge in [-0.1, -0.05) is 0 Å². The van der Waals surface area contributed by atoms with Crippen LogP contribution in [0.2, 0.25) is 0 Å². The van der Waals surface area contributed by atoms with Crippen LogP contribution >= 0.6 is 0 Å². The first kappa shape index (κ1) is 20.4. The number of aryl methyl sites for hydroxylation is 1. The molecule has 8 nitrogen and oxygen atoms in total. The van der Waals surface area contributed by atoms with Crippen molar-refractivity contribution in [3.63, 3.8) is 0 Å². The first-order chi connectivity index (χ1) is 14.6. The third kappa shape index (κ3) is 4.18. The summed E-state index contributed by atoms with van der Waals surface area (Å²) in [5.41, 5.74) is 8.82. The lowest BCUT2D eigenvalue weighted by molar-refractivity contribution is -0.119. The number of nitrogens with zero attached hydrogens (tertiary/aromatic N) is 3. The number of hydrogen-bond acceptors (Lipinski definition) is 6. The minimum atomic E-state index is -0.516. The molecular weight excluding hydrogens is 382 g/mol. The molecule has 0 saturated carbocycles. The van der Waals surface area contributed by atoms with Crippen LogP contribution in [0.5, 0.6) is 0 Å². The van der Waals surface area contributed by atoms with Crippen LogP contribution in [-0.4, -0.2) is 47.4 Å². The second kappa shape index (κ2) is 8.87. The van der Waals surface area contributed by atoms with Crippen LogP contribution in [0.3, 0.4) is 0 Å². The number of nitrogens with two attached hydrogens (primary N) is 1. The summed E-state index contributed by atoms with van der Waals surface area (Å²) in [7, 11) is 0. The first-order valence-electron chi connectivity index (χ1n) is 10.7. The zero-order valence-corrected chi connectivity index (χ0v) is 17.4. The summed E-state index contributed by atoms with van der Waals surface area (Å²) < 4.78 is 5.17. The Balaban J connectivity index is 1.43. The van der Waals surface area contributed by atoms with E-state index in [0.717, 1.165) is 30.8 Å². The second-order valence-electron chi connectivity index (χ2n) is 8.03. The molecule has 30 heavy (non-hydrogen) atoms. The maximum atomic E-state index is 12.9. The van der Waals surface area contributed by atoms with Gasteiger partial charge in [0.05, 0.1) is 6.54 Å². The van der Waals surface area contributed by atoms with Gasteiger partial charge in [0.2, 0.25) is 11.8 Å². The summed E-state index contributed by atoms with van der Waals surface area (Å²) in [6, 6.07) is 5.52. The minimum absolute atomic E-state index is 0.129. The first-order valence-corrected chi connectivity index (χ1v) is 10.7. The molecule has 2 amide bonds. The van der Waals surface area contributed by atoms with E-state index in [1.54, 1.807) is 4.90 Å². The lowest BCUT2D eigenvalue weighted by atomic mass is 10.1. The number of anilines is 2. The lowest BCUT2D eigenvalue weighted by Crippen LogP contribution is -2.43. The SMILES string of the molecule is Cc1cc(NC(=O)[C@H]2CCCN2C(=O)c2coc(CN)n2)ccc1N1CCCCC1. The van der Waals surface area contributed by atoms with E-state index in [2.05, 4.69) is 28.2 Å². The Morgan fingerprint density at radius 2 is 2.00 bits per heavy atom. The van der Waals surface area contributed by atoms with Gasteiger partial charge >= 0.3 is 0 Å². The standard InChI is InChI=1S/C22H29N5O3/c1-15-12-16(7-8-18(15)26-9-3-2-4-10-26)24-21(28)19-6-5-11-27(19)22(29)17-14-30-20(13-23)25-17/h7-8,12,14,19H,2-6,9-11,13,23H2,1H3,(H,24,28)/t19-/m1/s1. The van der Waals surface area contributed by atoms with Crippen molar-refractivity contribution in [2.45, 2.75) is 51.6 Å². The molecule has 2 aliphatic rings. The van der Waals surface area contributed by atoms with E-state index in [0.29, 0.717) is 18.9 Å². The third-order valence-corrected chi connectivity index (χ3v) is 5.92. The summed E-state index contributed by atoms with van der Waals surface area (Å²) in [6.07, 6.45) is 6.45. The molecular formula is C22H29N5O3. The molecule has 0 unspecified atom stereocenters. The van der Waals surface area contributed by atoms with Crippen LogP contribution in [0, 0.1) is 6.92 Å². The predicted octanol–water partition coefficient (Wildman–Crippen LogP) is 2.68. The highest BCUT2D eigenvalue weighted by molar-refractivity contribution is 6.00. The number of piperidine rings is 1. The van der Waals surface area contributed by atoms with Crippen molar-refractivity contribution >= 4 is 23.2 Å². The molecule has 1 aromatic carbocycles. The summed E-state index contributed by atoms with van der Waals surface area (Å²) in [5.74, 6) is -0.163. The van der Waals surface area contributed by atoms with Crippen molar-refractivity contribution in [3.05, 3.63) is 41.6 Å². The van der Waals surface area contributed by atoms with E-state index in [9.17, 15) is 9.59 Å². The number of nitrogens with one attached hydrogen (secondary N) is 1. The van der Waals surface area contributed by atoms with E-state index < -0.39 is 6.04 Å². The number of amides is 2. The van der Waals surface area contributed by atoms with Gasteiger partial charge in [-0.3, -0.25) is 9.59 Å². The zero-order chi connectivity index (χ0) is 21.1. The normalized spacial score (nSPS) is 19.2. The van der Waals surface area contributed by atoms with E-state index >= 15 is 0 Å². The smallest absolute Gasteiger partial charge is 0.276 e. The number of aromatic nitrogens is 1. The molecule has 4 rings (SSSR count). The van der Waals surface area contributed by atoms with Crippen LogP contribution in [0.15, 0.2) is 28.9 Å². The Kier molecular flexibility index (Phi) is 6.03. The molecule has 0 bridgehead atoms. The summed E-state index contributed by atoms with van der Waals surface area (Å²) in [5, 5.41) is 2.99. The van der Waals surface area contributed by atoms with Crippen LogP contribution in [-0.2, 0) is 11.3 Å². The highest BCUT2D eigenvalue weighted by Crippen LogP contribution is 2.27. The van der Waals surface area contributed by atoms with Crippen molar-refractivity contribution in [1.29, 1.82) is 0 Å². The van der Waals surface area contributed by atoms with Gasteiger partial charge in [0.1, 0.15) is 12.3 Å². The Hall–Kier alpha value is -2.87. The number of hydrogen-bond donors (Lipinski definition) is 2. The molecule has 2 aliphatic heterocycles. The quantitative estimate of drug-likeness (QED) is 0.784. The van der Waals surface area contributed by atoms with Gasteiger partial charge in [-0.2, -0.15) is 0 Å². The van der Waals surface area contributed by atoms with E-state index in [4.69, 9.17) is 10.2 Å². The minimum Gasteiger partial charge on any atom is -0.447 e. The maximum Gasteiger partial charge on any atom is 0.276 e. The van der Waals surface area contributed by atoms with Gasteiger partial charge in [0.15, 0.2) is 5.69 Å². The van der Waals surface area contributed by atoms with Gasteiger partial charge in [0.25, 0.3) is 5.91 Å². The van der Waals surface area contributed by atoms with E-state index in [1.807, 2.05) is 12.1 Å². The molecule has 0 radical (unpaired) electrons. The highest BCUT2D eigenvalue weighted by Gasteiger charge is 2.35. The van der Waals surface area contributed by atoms with Crippen LogP contribution in [0.4, 0.5) is 11.4 Å². The maximum absolute atomic E-state index is 12.9. The molecule has 2 aromatic rings. The van der Waals surface area contributed by atoms with Crippen LogP contribution in [0.25, 0.3) is 0 Å². The Morgan fingerprint density at radius 1 is 1.20 bits per heavy atom. The molecule has 2 saturated heterocycles. The Morgan fingerprint density at radius 3 is 2.70 bits per heavy atom. The van der Waals surface area contributed by atoms with E-state index in [1.165, 1.54) is 31.2 Å².